The molecule has 0 spiro atoms. The predicted molar refractivity (Wildman–Crippen MR) is 128 cm³/mol. The summed E-state index contributed by atoms with van der Waals surface area (Å²) in [6.07, 6.45) is 2.91. The molecule has 3 aliphatic rings. The number of likely N-dealkylation sites (N-methyl/N-ethyl adjacent to an activating group) is 1. The second kappa shape index (κ2) is 9.40. The molecule has 6 rings (SSSR count). The van der Waals surface area contributed by atoms with Gasteiger partial charge in [0.1, 0.15) is 6.04 Å². The third kappa shape index (κ3) is 3.94. The molecule has 1 amide bonds. The van der Waals surface area contributed by atoms with Gasteiger partial charge in [-0.2, -0.15) is 4.68 Å². The van der Waals surface area contributed by atoms with Gasteiger partial charge in [0.25, 0.3) is 5.91 Å². The van der Waals surface area contributed by atoms with E-state index in [1.807, 2.05) is 25.2 Å². The minimum atomic E-state index is -0.287. The lowest BCUT2D eigenvalue weighted by atomic mass is 9.90. The van der Waals surface area contributed by atoms with Crippen LogP contribution in [-0.4, -0.2) is 77.8 Å². The third-order valence-corrected chi connectivity index (χ3v) is 7.00. The van der Waals surface area contributed by atoms with E-state index < -0.39 is 0 Å². The zero-order chi connectivity index (χ0) is 24.6. The van der Waals surface area contributed by atoms with Crippen LogP contribution in [0.15, 0.2) is 30.3 Å². The van der Waals surface area contributed by atoms with Gasteiger partial charge in [0.15, 0.2) is 17.3 Å². The van der Waals surface area contributed by atoms with Crippen molar-refractivity contribution in [3.05, 3.63) is 52.8 Å². The molecule has 1 saturated heterocycles. The average Bonchev–Trinajstić information content (AvgIpc) is 3.68. The van der Waals surface area contributed by atoms with Crippen molar-refractivity contribution in [2.45, 2.75) is 31.4 Å². The van der Waals surface area contributed by atoms with Gasteiger partial charge in [-0.25, -0.2) is 0 Å². The van der Waals surface area contributed by atoms with Gasteiger partial charge in [0.2, 0.25) is 12.5 Å². The molecule has 2 atom stereocenters. The highest BCUT2D eigenvalue weighted by molar-refractivity contribution is 5.94. The van der Waals surface area contributed by atoms with E-state index >= 15 is 0 Å². The molecule has 1 fully saturated rings. The van der Waals surface area contributed by atoms with E-state index in [0.717, 1.165) is 43.5 Å². The molecule has 0 radical (unpaired) electrons. The maximum Gasteiger partial charge on any atom is 0.251 e. The second-order valence-electron chi connectivity index (χ2n) is 9.19. The van der Waals surface area contributed by atoms with Crippen LogP contribution in [0.4, 0.5) is 0 Å². The number of carbonyl (C=O) groups excluding carboxylic acids is 1. The summed E-state index contributed by atoms with van der Waals surface area (Å²) in [7, 11) is 3.66. The van der Waals surface area contributed by atoms with Gasteiger partial charge in [-0.05, 0) is 66.6 Å². The highest BCUT2D eigenvalue weighted by Gasteiger charge is 2.37. The number of aromatic nitrogens is 4. The predicted octanol–water partition coefficient (Wildman–Crippen LogP) is 1.89. The molecule has 188 valence electrons. The Kier molecular flexibility index (Phi) is 5.94. The minimum absolute atomic E-state index is 0.0796. The zero-order valence-corrected chi connectivity index (χ0v) is 20.3. The molecule has 1 aromatic heterocycles. The van der Waals surface area contributed by atoms with Gasteiger partial charge in [0, 0.05) is 30.8 Å². The minimum Gasteiger partial charge on any atom is -0.492 e. The Morgan fingerprint density at radius 2 is 2.19 bits per heavy atom. The third-order valence-electron chi connectivity index (χ3n) is 7.00. The fourth-order valence-electron chi connectivity index (χ4n) is 5.20. The Morgan fingerprint density at radius 1 is 1.28 bits per heavy atom. The zero-order valence-electron chi connectivity index (χ0n) is 20.3. The lowest BCUT2D eigenvalue weighted by Crippen LogP contribution is -2.35. The van der Waals surface area contributed by atoms with Crippen molar-refractivity contribution in [2.75, 3.05) is 40.6 Å². The summed E-state index contributed by atoms with van der Waals surface area (Å²) in [5.74, 6) is 2.38. The van der Waals surface area contributed by atoms with Gasteiger partial charge in [-0.15, -0.1) is 5.10 Å². The van der Waals surface area contributed by atoms with Gasteiger partial charge >= 0.3 is 0 Å². The summed E-state index contributed by atoms with van der Waals surface area (Å²) < 4.78 is 24.5. The number of rotatable bonds is 6. The van der Waals surface area contributed by atoms with Crippen molar-refractivity contribution in [1.29, 1.82) is 0 Å². The normalized spacial score (nSPS) is 20.8. The van der Waals surface area contributed by atoms with Crippen LogP contribution in [-0.2, 0) is 11.2 Å². The fourth-order valence-corrected chi connectivity index (χ4v) is 5.20. The number of fused-ring (bicyclic) bond motifs is 2. The first-order chi connectivity index (χ1) is 17.6. The van der Waals surface area contributed by atoms with Crippen LogP contribution in [0, 0.1) is 0 Å². The maximum absolute atomic E-state index is 12.8. The quantitative estimate of drug-likeness (QED) is 0.551. The number of carbonyl (C=O) groups is 1. The molecule has 0 aliphatic carbocycles. The van der Waals surface area contributed by atoms with Gasteiger partial charge in [-0.1, -0.05) is 6.07 Å². The smallest absolute Gasteiger partial charge is 0.251 e. The second-order valence-corrected chi connectivity index (χ2v) is 9.19. The van der Waals surface area contributed by atoms with Crippen molar-refractivity contribution in [3.8, 4) is 22.9 Å². The molecule has 2 aromatic carbocycles. The number of nitrogens with one attached hydrogen (secondary N) is 1. The standard InChI is InChI=1S/C25H28N6O5/c1-30-9-8-15-12-19-22(36-14-35-19)23(33-2)20(15)21(30)24-27-28-29-31(24)17-6-3-5-16(11-17)25(32)26-13-18-7-4-10-34-18/h3,5-6,11-12,18,21H,4,7-10,13-14H2,1-2H3,(H,26,32)/t18-,21+/m0/s1. The van der Waals surface area contributed by atoms with Crippen LogP contribution in [0.2, 0.25) is 0 Å². The first kappa shape index (κ1) is 22.7. The average molecular weight is 493 g/mol. The molecule has 1 N–H and O–H groups in total. The van der Waals surface area contributed by atoms with Crippen LogP contribution < -0.4 is 19.5 Å². The summed E-state index contributed by atoms with van der Waals surface area (Å²) in [6, 6.07) is 9.03. The Bertz CT molecular complexity index is 1290. The van der Waals surface area contributed by atoms with Crippen LogP contribution in [0.1, 0.15) is 46.2 Å². The number of benzene rings is 2. The summed E-state index contributed by atoms with van der Waals surface area (Å²) in [6.45, 7) is 2.22. The molecular formula is C25H28N6O5. The molecular weight excluding hydrogens is 464 g/mol. The molecule has 0 saturated carbocycles. The van der Waals surface area contributed by atoms with Crippen molar-refractivity contribution in [2.24, 2.45) is 0 Å². The highest BCUT2D eigenvalue weighted by Crippen LogP contribution is 2.50. The van der Waals surface area contributed by atoms with E-state index in [9.17, 15) is 4.79 Å². The number of tetrazole rings is 1. The first-order valence-electron chi connectivity index (χ1n) is 12.1. The van der Waals surface area contributed by atoms with Crippen LogP contribution in [0.3, 0.4) is 0 Å². The number of nitrogens with zero attached hydrogens (tertiary/aromatic N) is 5. The summed E-state index contributed by atoms with van der Waals surface area (Å²) in [5, 5.41) is 15.7. The summed E-state index contributed by atoms with van der Waals surface area (Å²) >= 11 is 0. The monoisotopic (exact) mass is 492 g/mol. The van der Waals surface area contributed by atoms with Crippen LogP contribution >= 0.6 is 0 Å². The Labute approximate surface area is 208 Å². The first-order valence-corrected chi connectivity index (χ1v) is 12.1. The summed E-state index contributed by atoms with van der Waals surface area (Å²) in [4.78, 5) is 15.0. The summed E-state index contributed by atoms with van der Waals surface area (Å²) in [5.41, 5.74) is 3.29. The van der Waals surface area contributed by atoms with Gasteiger partial charge in [0.05, 0.1) is 18.9 Å². The largest absolute Gasteiger partial charge is 0.492 e. The molecule has 0 bridgehead atoms. The number of ether oxygens (including phenoxy) is 4. The molecule has 3 aliphatic heterocycles. The molecule has 11 nitrogen and oxygen atoms in total. The van der Waals surface area contributed by atoms with Crippen LogP contribution in [0.5, 0.6) is 17.2 Å². The maximum atomic E-state index is 12.8. The molecule has 4 heterocycles. The van der Waals surface area contributed by atoms with E-state index in [1.165, 1.54) is 0 Å². The molecule has 11 heteroatoms. The topological polar surface area (TPSA) is 113 Å². The van der Waals surface area contributed by atoms with Crippen molar-refractivity contribution < 1.29 is 23.7 Å². The van der Waals surface area contributed by atoms with E-state index in [4.69, 9.17) is 18.9 Å². The SMILES string of the molecule is COc1c2c(cc3c1[C@H](c1nnnn1-c1cccc(C(=O)NC[C@@H]4CCCO4)c1)N(C)CC3)OCO2. The fraction of sp³-hybridized carbons (Fsp3) is 0.440. The van der Waals surface area contributed by atoms with Gasteiger partial charge in [-0.3, -0.25) is 9.69 Å². The molecule has 36 heavy (non-hydrogen) atoms. The molecule has 3 aromatic rings. The Morgan fingerprint density at radius 3 is 3.03 bits per heavy atom. The van der Waals surface area contributed by atoms with Crippen molar-refractivity contribution >= 4 is 5.91 Å². The number of methoxy groups -OCH3 is 1. The van der Waals surface area contributed by atoms with E-state index in [2.05, 4.69) is 25.7 Å². The lowest BCUT2D eigenvalue weighted by Gasteiger charge is -2.34. The number of hydrogen-bond acceptors (Lipinski definition) is 9. The lowest BCUT2D eigenvalue weighted by molar-refractivity contribution is 0.0857. The van der Waals surface area contributed by atoms with Gasteiger partial charge < -0.3 is 24.3 Å². The van der Waals surface area contributed by atoms with E-state index in [1.54, 1.807) is 23.9 Å². The Hall–Kier alpha value is -3.70. The van der Waals surface area contributed by atoms with E-state index in [-0.39, 0.29) is 24.8 Å². The number of hydrogen-bond donors (Lipinski definition) is 1. The van der Waals surface area contributed by atoms with E-state index in [0.29, 0.717) is 40.9 Å². The number of amides is 1. The van der Waals surface area contributed by atoms with Crippen molar-refractivity contribution in [1.82, 2.24) is 30.4 Å². The Balaban J connectivity index is 1.34. The highest BCUT2D eigenvalue weighted by atomic mass is 16.7. The molecule has 0 unspecified atom stereocenters. The van der Waals surface area contributed by atoms with Crippen molar-refractivity contribution in [3.63, 3.8) is 0 Å². The van der Waals surface area contributed by atoms with Crippen LogP contribution in [0.25, 0.3) is 5.69 Å².